The molecule has 17 heavy (non-hydrogen) atoms. The van der Waals surface area contributed by atoms with Crippen molar-refractivity contribution in [3.05, 3.63) is 65.2 Å². The van der Waals surface area contributed by atoms with Crippen LogP contribution in [0, 0.1) is 6.92 Å². The highest BCUT2D eigenvalue weighted by atomic mass is 14.9. The van der Waals surface area contributed by atoms with Crippen LogP contribution in [0.2, 0.25) is 0 Å². The minimum absolute atomic E-state index is 0.551. The third-order valence-corrected chi connectivity index (χ3v) is 3.45. The largest absolute Gasteiger partial charge is 0.381 e. The Balaban J connectivity index is 1.71. The van der Waals surface area contributed by atoms with Crippen LogP contribution in [0.4, 0.5) is 5.69 Å². The van der Waals surface area contributed by atoms with E-state index in [2.05, 4.69) is 60.8 Å². The van der Waals surface area contributed by atoms with Crippen molar-refractivity contribution in [3.63, 3.8) is 0 Å². The van der Waals surface area contributed by atoms with Crippen molar-refractivity contribution < 1.29 is 0 Å². The molecule has 1 atom stereocenters. The molecule has 1 nitrogen and oxygen atoms in total. The molecule has 0 fully saturated rings. The molecule has 1 N–H and O–H groups in total. The molecule has 1 heterocycles. The van der Waals surface area contributed by atoms with Gasteiger partial charge in [-0.2, -0.15) is 0 Å². The first-order valence-electron chi connectivity index (χ1n) is 6.21. The van der Waals surface area contributed by atoms with Crippen LogP contribution in [-0.2, 0) is 12.8 Å². The van der Waals surface area contributed by atoms with E-state index >= 15 is 0 Å². The van der Waals surface area contributed by atoms with Crippen LogP contribution < -0.4 is 5.32 Å². The Bertz CT molecular complexity index is 488. The van der Waals surface area contributed by atoms with Gasteiger partial charge in [-0.05, 0) is 37.0 Å². The Morgan fingerprint density at radius 1 is 1.06 bits per heavy atom. The molecule has 3 rings (SSSR count). The predicted octanol–water partition coefficient (Wildman–Crippen LogP) is 3.57. The molecule has 0 radical (unpaired) electrons. The Morgan fingerprint density at radius 3 is 2.59 bits per heavy atom. The fourth-order valence-corrected chi connectivity index (χ4v) is 2.51. The first kappa shape index (κ1) is 10.4. The number of benzene rings is 2. The standard InChI is InChI=1S/C16H17N/c1-12-6-8-13(9-7-12)10-15-11-14-4-2-3-5-16(14)17-15/h2-9,15,17H,10-11H2,1H3. The van der Waals surface area contributed by atoms with Crippen molar-refractivity contribution in [2.45, 2.75) is 25.8 Å². The summed E-state index contributed by atoms with van der Waals surface area (Å²) < 4.78 is 0. The van der Waals surface area contributed by atoms with Gasteiger partial charge in [-0.15, -0.1) is 0 Å². The highest BCUT2D eigenvalue weighted by molar-refractivity contribution is 5.56. The van der Waals surface area contributed by atoms with Gasteiger partial charge in [0.25, 0.3) is 0 Å². The number of para-hydroxylation sites is 1. The second-order valence-corrected chi connectivity index (χ2v) is 4.89. The molecule has 0 aromatic heterocycles. The number of anilines is 1. The van der Waals surface area contributed by atoms with Crippen molar-refractivity contribution in [2.24, 2.45) is 0 Å². The van der Waals surface area contributed by atoms with Gasteiger partial charge in [0.2, 0.25) is 0 Å². The molecule has 86 valence electrons. The molecule has 0 spiro atoms. The van der Waals surface area contributed by atoms with Gasteiger partial charge in [0.15, 0.2) is 0 Å². The van der Waals surface area contributed by atoms with Gasteiger partial charge in [-0.3, -0.25) is 0 Å². The van der Waals surface area contributed by atoms with Crippen LogP contribution in [0.5, 0.6) is 0 Å². The summed E-state index contributed by atoms with van der Waals surface area (Å²) >= 11 is 0. The molecular weight excluding hydrogens is 206 g/mol. The number of hydrogen-bond donors (Lipinski definition) is 1. The van der Waals surface area contributed by atoms with Gasteiger partial charge < -0.3 is 5.32 Å². The lowest BCUT2D eigenvalue weighted by molar-refractivity contribution is 0.746. The van der Waals surface area contributed by atoms with Gasteiger partial charge in [-0.1, -0.05) is 48.0 Å². The molecular formula is C16H17N. The van der Waals surface area contributed by atoms with E-state index in [0.29, 0.717) is 6.04 Å². The van der Waals surface area contributed by atoms with Crippen LogP contribution in [-0.4, -0.2) is 6.04 Å². The number of nitrogens with one attached hydrogen (secondary N) is 1. The minimum Gasteiger partial charge on any atom is -0.381 e. The molecule has 0 saturated heterocycles. The Labute approximate surface area is 102 Å². The fraction of sp³-hybridized carbons (Fsp3) is 0.250. The van der Waals surface area contributed by atoms with Gasteiger partial charge in [0.1, 0.15) is 0 Å². The SMILES string of the molecule is Cc1ccc(CC2Cc3ccccc3N2)cc1. The van der Waals surface area contributed by atoms with E-state index < -0.39 is 0 Å². The van der Waals surface area contributed by atoms with E-state index in [1.807, 2.05) is 0 Å². The molecule has 1 aliphatic rings. The lowest BCUT2D eigenvalue weighted by Gasteiger charge is -2.11. The van der Waals surface area contributed by atoms with Gasteiger partial charge in [0, 0.05) is 11.7 Å². The lowest BCUT2D eigenvalue weighted by atomic mass is 10.0. The third kappa shape index (κ3) is 2.19. The summed E-state index contributed by atoms with van der Waals surface area (Å²) in [6.45, 7) is 2.13. The Hall–Kier alpha value is -1.76. The normalized spacial score (nSPS) is 17.6. The minimum atomic E-state index is 0.551. The van der Waals surface area contributed by atoms with E-state index in [1.54, 1.807) is 0 Å². The zero-order chi connectivity index (χ0) is 11.7. The van der Waals surface area contributed by atoms with Crippen molar-refractivity contribution >= 4 is 5.69 Å². The Morgan fingerprint density at radius 2 is 1.82 bits per heavy atom. The molecule has 2 aromatic carbocycles. The molecule has 0 bridgehead atoms. The second-order valence-electron chi connectivity index (χ2n) is 4.89. The average Bonchev–Trinajstić information content (AvgIpc) is 2.74. The molecule has 1 aliphatic heterocycles. The zero-order valence-electron chi connectivity index (χ0n) is 10.1. The van der Waals surface area contributed by atoms with Crippen molar-refractivity contribution in [1.29, 1.82) is 0 Å². The van der Waals surface area contributed by atoms with E-state index in [4.69, 9.17) is 0 Å². The zero-order valence-corrected chi connectivity index (χ0v) is 10.1. The van der Waals surface area contributed by atoms with Crippen LogP contribution >= 0.6 is 0 Å². The summed E-state index contributed by atoms with van der Waals surface area (Å²) in [6, 6.07) is 18.0. The lowest BCUT2D eigenvalue weighted by Crippen LogP contribution is -2.18. The molecule has 0 amide bonds. The quantitative estimate of drug-likeness (QED) is 0.820. The summed E-state index contributed by atoms with van der Waals surface area (Å²) in [5, 5.41) is 3.60. The molecule has 1 unspecified atom stereocenters. The van der Waals surface area contributed by atoms with E-state index in [-0.39, 0.29) is 0 Å². The second kappa shape index (κ2) is 4.25. The van der Waals surface area contributed by atoms with Crippen LogP contribution in [0.25, 0.3) is 0 Å². The monoisotopic (exact) mass is 223 g/mol. The first-order chi connectivity index (χ1) is 8.31. The molecule has 1 heteroatoms. The summed E-state index contributed by atoms with van der Waals surface area (Å²) in [4.78, 5) is 0. The predicted molar refractivity (Wildman–Crippen MR) is 72.4 cm³/mol. The smallest absolute Gasteiger partial charge is 0.0375 e. The first-order valence-corrected chi connectivity index (χ1v) is 6.21. The molecule has 0 aliphatic carbocycles. The highest BCUT2D eigenvalue weighted by Gasteiger charge is 2.19. The summed E-state index contributed by atoms with van der Waals surface area (Å²) in [7, 11) is 0. The maximum absolute atomic E-state index is 3.60. The molecule has 0 saturated carbocycles. The van der Waals surface area contributed by atoms with Crippen LogP contribution in [0.3, 0.4) is 0 Å². The van der Waals surface area contributed by atoms with E-state index in [9.17, 15) is 0 Å². The Kier molecular flexibility index (Phi) is 2.60. The van der Waals surface area contributed by atoms with Crippen LogP contribution in [0.15, 0.2) is 48.5 Å². The fourth-order valence-electron chi connectivity index (χ4n) is 2.51. The van der Waals surface area contributed by atoms with Gasteiger partial charge in [-0.25, -0.2) is 0 Å². The number of aryl methyl sites for hydroxylation is 1. The maximum atomic E-state index is 3.60. The maximum Gasteiger partial charge on any atom is 0.0375 e. The molecule has 2 aromatic rings. The summed E-state index contributed by atoms with van der Waals surface area (Å²) in [5.41, 5.74) is 5.51. The third-order valence-electron chi connectivity index (χ3n) is 3.45. The van der Waals surface area contributed by atoms with E-state index in [0.717, 1.165) is 12.8 Å². The summed E-state index contributed by atoms with van der Waals surface area (Å²) in [6.07, 6.45) is 2.25. The average molecular weight is 223 g/mol. The summed E-state index contributed by atoms with van der Waals surface area (Å²) in [5.74, 6) is 0. The van der Waals surface area contributed by atoms with Crippen LogP contribution in [0.1, 0.15) is 16.7 Å². The highest BCUT2D eigenvalue weighted by Crippen LogP contribution is 2.26. The van der Waals surface area contributed by atoms with Crippen molar-refractivity contribution in [1.82, 2.24) is 0 Å². The topological polar surface area (TPSA) is 12.0 Å². The van der Waals surface area contributed by atoms with Gasteiger partial charge in [0.05, 0.1) is 0 Å². The van der Waals surface area contributed by atoms with Crippen molar-refractivity contribution in [3.8, 4) is 0 Å². The van der Waals surface area contributed by atoms with Crippen molar-refractivity contribution in [2.75, 3.05) is 5.32 Å². The number of fused-ring (bicyclic) bond motifs is 1. The number of rotatable bonds is 2. The number of hydrogen-bond acceptors (Lipinski definition) is 1. The van der Waals surface area contributed by atoms with E-state index in [1.165, 1.54) is 22.4 Å². The van der Waals surface area contributed by atoms with Gasteiger partial charge >= 0.3 is 0 Å².